The van der Waals surface area contributed by atoms with Crippen molar-refractivity contribution >= 4 is 46.5 Å². The van der Waals surface area contributed by atoms with E-state index in [4.69, 9.17) is 34.8 Å². The third-order valence-electron chi connectivity index (χ3n) is 2.36. The molecule has 0 aliphatic heterocycles. The van der Waals surface area contributed by atoms with Gasteiger partial charge in [-0.25, -0.2) is 4.98 Å². The van der Waals surface area contributed by atoms with E-state index < -0.39 is 0 Å². The van der Waals surface area contributed by atoms with Crippen LogP contribution >= 0.6 is 34.8 Å². The second kappa shape index (κ2) is 6.24. The van der Waals surface area contributed by atoms with Crippen molar-refractivity contribution in [1.29, 1.82) is 0 Å². The topological polar surface area (TPSA) is 42.0 Å². The zero-order valence-electron chi connectivity index (χ0n) is 9.66. The Morgan fingerprint density at radius 1 is 1.11 bits per heavy atom. The highest BCUT2D eigenvalue weighted by atomic mass is 35.5. The molecule has 98 valence electrons. The Kier molecular flexibility index (Phi) is 4.64. The van der Waals surface area contributed by atoms with Crippen LogP contribution < -0.4 is 5.32 Å². The molecule has 0 saturated carbocycles. The van der Waals surface area contributed by atoms with Gasteiger partial charge >= 0.3 is 0 Å². The maximum absolute atomic E-state index is 11.8. The Bertz CT molecular complexity index is 617. The number of hydrogen-bond acceptors (Lipinski definition) is 2. The lowest BCUT2D eigenvalue weighted by Crippen LogP contribution is -2.15. The summed E-state index contributed by atoms with van der Waals surface area (Å²) in [5.74, 6) is 0.119. The monoisotopic (exact) mass is 314 g/mol. The molecule has 6 heteroatoms. The summed E-state index contributed by atoms with van der Waals surface area (Å²) in [6.07, 6.45) is 1.73. The number of nitrogens with zero attached hydrogens (tertiary/aromatic N) is 1. The minimum absolute atomic E-state index is 0.170. The zero-order chi connectivity index (χ0) is 13.8. The van der Waals surface area contributed by atoms with Crippen molar-refractivity contribution in [2.24, 2.45) is 0 Å². The van der Waals surface area contributed by atoms with E-state index in [1.165, 1.54) is 0 Å². The molecule has 0 saturated heterocycles. The molecule has 0 spiro atoms. The van der Waals surface area contributed by atoms with E-state index in [0.29, 0.717) is 20.9 Å². The lowest BCUT2D eigenvalue weighted by molar-refractivity contribution is -0.115. The van der Waals surface area contributed by atoms with Gasteiger partial charge in [0.2, 0.25) is 5.91 Å². The van der Waals surface area contributed by atoms with Gasteiger partial charge < -0.3 is 5.32 Å². The Hall–Kier alpha value is -1.29. The quantitative estimate of drug-likeness (QED) is 0.921. The van der Waals surface area contributed by atoms with Crippen LogP contribution in [0.5, 0.6) is 0 Å². The molecule has 0 unspecified atom stereocenters. The van der Waals surface area contributed by atoms with Gasteiger partial charge in [0.05, 0.1) is 21.5 Å². The molecule has 1 aromatic heterocycles. The second-order valence-electron chi connectivity index (χ2n) is 3.81. The van der Waals surface area contributed by atoms with Gasteiger partial charge in [-0.3, -0.25) is 4.79 Å². The van der Waals surface area contributed by atoms with Crippen LogP contribution in [0, 0.1) is 0 Å². The first kappa shape index (κ1) is 14.1. The van der Waals surface area contributed by atoms with E-state index in [9.17, 15) is 4.79 Å². The third-order valence-corrected chi connectivity index (χ3v) is 3.41. The third kappa shape index (κ3) is 3.83. The molecule has 0 atom stereocenters. The number of pyridine rings is 1. The number of aromatic nitrogens is 1. The molecule has 2 rings (SSSR count). The molecule has 1 heterocycles. The maximum atomic E-state index is 11.8. The first-order chi connectivity index (χ1) is 9.06. The summed E-state index contributed by atoms with van der Waals surface area (Å²) in [4.78, 5) is 15.8. The average molecular weight is 316 g/mol. The predicted octanol–water partition coefficient (Wildman–Crippen LogP) is 4.22. The van der Waals surface area contributed by atoms with E-state index in [-0.39, 0.29) is 12.3 Å². The molecule has 1 aromatic carbocycles. The van der Waals surface area contributed by atoms with Crippen LogP contribution in [0.2, 0.25) is 15.1 Å². The Balaban J connectivity index is 2.05. The number of anilines is 1. The van der Waals surface area contributed by atoms with Gasteiger partial charge in [-0.05, 0) is 29.8 Å². The number of rotatable bonds is 3. The normalized spacial score (nSPS) is 10.3. The smallest absolute Gasteiger partial charge is 0.229 e. The molecule has 2 aromatic rings. The fraction of sp³-hybridized carbons (Fsp3) is 0.0769. The number of benzene rings is 1. The van der Waals surface area contributed by atoms with Crippen LogP contribution in [-0.2, 0) is 11.2 Å². The number of nitrogens with one attached hydrogen (secondary N) is 1. The minimum Gasteiger partial charge on any atom is -0.309 e. The molecule has 1 amide bonds. The summed E-state index contributed by atoms with van der Waals surface area (Å²) in [6, 6.07) is 8.40. The van der Waals surface area contributed by atoms with Crippen LogP contribution in [0.4, 0.5) is 5.82 Å². The highest BCUT2D eigenvalue weighted by Crippen LogP contribution is 2.23. The lowest BCUT2D eigenvalue weighted by Gasteiger charge is -2.06. The number of carbonyl (C=O) groups excluding carboxylic acids is 1. The minimum atomic E-state index is -0.223. The van der Waals surface area contributed by atoms with Gasteiger partial charge in [0, 0.05) is 6.20 Å². The molecular weight excluding hydrogens is 307 g/mol. The van der Waals surface area contributed by atoms with Crippen molar-refractivity contribution in [3.63, 3.8) is 0 Å². The Morgan fingerprint density at radius 3 is 2.58 bits per heavy atom. The first-order valence-corrected chi connectivity index (χ1v) is 6.54. The van der Waals surface area contributed by atoms with E-state index in [1.54, 1.807) is 36.5 Å². The first-order valence-electron chi connectivity index (χ1n) is 5.40. The van der Waals surface area contributed by atoms with Crippen LogP contribution in [0.15, 0.2) is 36.5 Å². The van der Waals surface area contributed by atoms with Crippen molar-refractivity contribution in [1.82, 2.24) is 4.98 Å². The molecule has 0 aliphatic rings. The summed E-state index contributed by atoms with van der Waals surface area (Å²) < 4.78 is 0. The number of amides is 1. The number of carbonyl (C=O) groups is 1. The van der Waals surface area contributed by atoms with E-state index in [0.717, 1.165) is 5.56 Å². The molecule has 1 N–H and O–H groups in total. The van der Waals surface area contributed by atoms with Crippen molar-refractivity contribution in [2.75, 3.05) is 5.32 Å². The maximum Gasteiger partial charge on any atom is 0.229 e. The molecular formula is C13H9Cl3N2O. The molecule has 3 nitrogen and oxygen atoms in total. The summed E-state index contributed by atoms with van der Waals surface area (Å²) in [5.41, 5.74) is 0.763. The highest BCUT2D eigenvalue weighted by molar-refractivity contribution is 6.42. The predicted molar refractivity (Wildman–Crippen MR) is 78.0 cm³/mol. The summed E-state index contributed by atoms with van der Waals surface area (Å²) in [6.45, 7) is 0. The van der Waals surface area contributed by atoms with Gasteiger partial charge in [-0.2, -0.15) is 0 Å². The van der Waals surface area contributed by atoms with Crippen LogP contribution in [0.3, 0.4) is 0 Å². The molecule has 0 bridgehead atoms. The summed E-state index contributed by atoms with van der Waals surface area (Å²) in [7, 11) is 0. The van der Waals surface area contributed by atoms with Crippen molar-refractivity contribution in [3.8, 4) is 0 Å². The molecule has 0 aliphatic carbocycles. The summed E-state index contributed by atoms with van der Waals surface area (Å²) >= 11 is 17.6. The van der Waals surface area contributed by atoms with Gasteiger partial charge in [-0.15, -0.1) is 0 Å². The fourth-order valence-electron chi connectivity index (χ4n) is 1.49. The van der Waals surface area contributed by atoms with Gasteiger partial charge in [0.25, 0.3) is 0 Å². The number of hydrogen-bond donors (Lipinski definition) is 1. The Morgan fingerprint density at radius 2 is 1.89 bits per heavy atom. The molecule has 0 fully saturated rings. The second-order valence-corrected chi connectivity index (χ2v) is 5.03. The van der Waals surface area contributed by atoms with Crippen LogP contribution in [0.25, 0.3) is 0 Å². The SMILES string of the molecule is O=C(Cc1ccc(Cl)c(Cl)c1)Nc1ncccc1Cl. The van der Waals surface area contributed by atoms with Crippen LogP contribution in [0.1, 0.15) is 5.56 Å². The van der Waals surface area contributed by atoms with Crippen LogP contribution in [-0.4, -0.2) is 10.9 Å². The lowest BCUT2D eigenvalue weighted by atomic mass is 10.1. The fourth-order valence-corrected chi connectivity index (χ4v) is 1.98. The molecule has 0 radical (unpaired) electrons. The molecule has 19 heavy (non-hydrogen) atoms. The Labute approximate surface area is 125 Å². The van der Waals surface area contributed by atoms with E-state index >= 15 is 0 Å². The van der Waals surface area contributed by atoms with E-state index in [1.807, 2.05) is 0 Å². The highest BCUT2D eigenvalue weighted by Gasteiger charge is 2.08. The van der Waals surface area contributed by atoms with Crippen molar-refractivity contribution in [3.05, 3.63) is 57.2 Å². The van der Waals surface area contributed by atoms with Crippen molar-refractivity contribution < 1.29 is 4.79 Å². The summed E-state index contributed by atoms with van der Waals surface area (Å²) in [5, 5.41) is 3.90. The largest absolute Gasteiger partial charge is 0.309 e. The zero-order valence-corrected chi connectivity index (χ0v) is 11.9. The number of halogens is 3. The average Bonchev–Trinajstić information content (AvgIpc) is 2.37. The van der Waals surface area contributed by atoms with E-state index in [2.05, 4.69) is 10.3 Å². The van der Waals surface area contributed by atoms with Crippen molar-refractivity contribution in [2.45, 2.75) is 6.42 Å². The van der Waals surface area contributed by atoms with Gasteiger partial charge in [0.1, 0.15) is 0 Å². The standard InChI is InChI=1S/C13H9Cl3N2O/c14-9-4-3-8(6-11(9)16)7-12(19)18-13-10(15)2-1-5-17-13/h1-6H,7H2,(H,17,18,19). The van der Waals surface area contributed by atoms with Gasteiger partial charge in [0.15, 0.2) is 5.82 Å². The van der Waals surface area contributed by atoms with Gasteiger partial charge in [-0.1, -0.05) is 40.9 Å².